The molecule has 0 atom stereocenters. The predicted molar refractivity (Wildman–Crippen MR) is 85.2 cm³/mol. The van der Waals surface area contributed by atoms with Crippen molar-refractivity contribution in [3.05, 3.63) is 34.4 Å². The first-order chi connectivity index (χ1) is 9.55. The summed E-state index contributed by atoms with van der Waals surface area (Å²) >= 11 is 0. The fraction of sp³-hybridized carbons (Fsp3) is 0.667. The van der Waals surface area contributed by atoms with Crippen LogP contribution in [-0.2, 0) is 5.41 Å². The van der Waals surface area contributed by atoms with Gasteiger partial charge in [-0.05, 0) is 76.2 Å². The van der Waals surface area contributed by atoms with Crippen LogP contribution in [0.4, 0.5) is 0 Å². The molecule has 1 heterocycles. The summed E-state index contributed by atoms with van der Waals surface area (Å²) < 4.78 is 0. The van der Waals surface area contributed by atoms with Crippen molar-refractivity contribution in [2.45, 2.75) is 57.9 Å². The molecule has 3 rings (SSSR count). The summed E-state index contributed by atoms with van der Waals surface area (Å²) in [7, 11) is 0. The van der Waals surface area contributed by atoms with E-state index in [0.717, 1.165) is 12.6 Å². The molecule has 110 valence electrons. The van der Waals surface area contributed by atoms with Gasteiger partial charge in [0.2, 0.25) is 0 Å². The van der Waals surface area contributed by atoms with Crippen LogP contribution in [0, 0.1) is 20.8 Å². The van der Waals surface area contributed by atoms with Gasteiger partial charge in [-0.1, -0.05) is 17.7 Å². The van der Waals surface area contributed by atoms with Crippen LogP contribution < -0.4 is 5.73 Å². The van der Waals surface area contributed by atoms with Crippen LogP contribution in [0.3, 0.4) is 0 Å². The number of benzene rings is 1. The second kappa shape index (κ2) is 5.16. The number of hydrogen-bond acceptors (Lipinski definition) is 2. The summed E-state index contributed by atoms with van der Waals surface area (Å²) in [5.74, 6) is 0. The topological polar surface area (TPSA) is 29.3 Å². The molecule has 0 radical (unpaired) electrons. The number of rotatable bonds is 3. The molecular formula is C18H28N2. The molecule has 0 bridgehead atoms. The van der Waals surface area contributed by atoms with Crippen LogP contribution in [-0.4, -0.2) is 30.6 Å². The Bertz CT molecular complexity index is 471. The maximum Gasteiger partial charge on any atom is 0.0105 e. The quantitative estimate of drug-likeness (QED) is 0.916. The van der Waals surface area contributed by atoms with E-state index in [9.17, 15) is 0 Å². The average molecular weight is 272 g/mol. The lowest BCUT2D eigenvalue weighted by atomic mass is 9.69. The Labute approximate surface area is 123 Å². The lowest BCUT2D eigenvalue weighted by Gasteiger charge is -2.43. The summed E-state index contributed by atoms with van der Waals surface area (Å²) in [6.07, 6.45) is 5.28. The molecule has 1 aromatic rings. The van der Waals surface area contributed by atoms with E-state index >= 15 is 0 Å². The van der Waals surface area contributed by atoms with Gasteiger partial charge in [0.05, 0.1) is 0 Å². The molecule has 1 saturated carbocycles. The third-order valence-electron chi connectivity index (χ3n) is 5.42. The van der Waals surface area contributed by atoms with E-state index in [0.29, 0.717) is 0 Å². The van der Waals surface area contributed by atoms with Gasteiger partial charge in [0.15, 0.2) is 0 Å². The van der Waals surface area contributed by atoms with Crippen molar-refractivity contribution in [1.82, 2.24) is 4.90 Å². The first-order valence-corrected chi connectivity index (χ1v) is 8.08. The van der Waals surface area contributed by atoms with Crippen molar-refractivity contribution in [2.75, 3.05) is 19.6 Å². The Morgan fingerprint density at radius 1 is 1.10 bits per heavy atom. The van der Waals surface area contributed by atoms with Gasteiger partial charge in [0.25, 0.3) is 0 Å². The van der Waals surface area contributed by atoms with E-state index in [2.05, 4.69) is 37.8 Å². The standard InChI is InChI=1S/C18H28N2/c1-13-10-14(2)17(15(3)11-13)18(12-19)6-8-20(9-7-18)16-4-5-16/h10-11,16H,4-9,12,19H2,1-3H3. The smallest absolute Gasteiger partial charge is 0.0105 e. The number of hydrogen-bond donors (Lipinski definition) is 1. The van der Waals surface area contributed by atoms with Crippen LogP contribution in [0.1, 0.15) is 47.9 Å². The van der Waals surface area contributed by atoms with E-state index < -0.39 is 0 Å². The minimum absolute atomic E-state index is 0.216. The molecule has 1 aromatic carbocycles. The zero-order valence-corrected chi connectivity index (χ0v) is 13.2. The van der Waals surface area contributed by atoms with Crippen LogP contribution in [0.25, 0.3) is 0 Å². The van der Waals surface area contributed by atoms with Gasteiger partial charge in [-0.15, -0.1) is 0 Å². The summed E-state index contributed by atoms with van der Waals surface area (Å²) in [6.45, 7) is 9.97. The van der Waals surface area contributed by atoms with Gasteiger partial charge >= 0.3 is 0 Å². The molecule has 1 aliphatic carbocycles. The van der Waals surface area contributed by atoms with Gasteiger partial charge in [-0.25, -0.2) is 0 Å². The molecule has 1 aliphatic heterocycles. The highest BCUT2D eigenvalue weighted by atomic mass is 15.2. The molecule has 0 amide bonds. The maximum atomic E-state index is 6.26. The molecule has 2 aliphatic rings. The molecule has 1 saturated heterocycles. The SMILES string of the molecule is Cc1cc(C)c(C2(CN)CCN(C3CC3)CC2)c(C)c1. The number of nitrogens with two attached hydrogens (primary N) is 1. The molecular weight excluding hydrogens is 244 g/mol. The Morgan fingerprint density at radius 3 is 2.10 bits per heavy atom. The van der Waals surface area contributed by atoms with Crippen molar-refractivity contribution >= 4 is 0 Å². The van der Waals surface area contributed by atoms with Crippen molar-refractivity contribution in [3.8, 4) is 0 Å². The first kappa shape index (κ1) is 14.1. The Morgan fingerprint density at radius 2 is 1.65 bits per heavy atom. The van der Waals surface area contributed by atoms with Gasteiger partial charge < -0.3 is 10.6 Å². The highest BCUT2D eigenvalue weighted by Gasteiger charge is 2.40. The van der Waals surface area contributed by atoms with Crippen LogP contribution in [0.15, 0.2) is 12.1 Å². The van der Waals surface area contributed by atoms with Crippen molar-refractivity contribution in [3.63, 3.8) is 0 Å². The van der Waals surface area contributed by atoms with Crippen molar-refractivity contribution < 1.29 is 0 Å². The Hall–Kier alpha value is -0.860. The molecule has 0 spiro atoms. The molecule has 2 heteroatoms. The molecule has 2 fully saturated rings. The molecule has 2 N–H and O–H groups in total. The summed E-state index contributed by atoms with van der Waals surface area (Å²) in [5.41, 5.74) is 12.3. The van der Waals surface area contributed by atoms with Crippen LogP contribution in [0.2, 0.25) is 0 Å². The van der Waals surface area contributed by atoms with Crippen LogP contribution >= 0.6 is 0 Å². The van der Waals surface area contributed by atoms with E-state index in [-0.39, 0.29) is 5.41 Å². The van der Waals surface area contributed by atoms with Gasteiger partial charge in [-0.3, -0.25) is 0 Å². The number of nitrogens with zero attached hydrogens (tertiary/aromatic N) is 1. The van der Waals surface area contributed by atoms with Crippen LogP contribution in [0.5, 0.6) is 0 Å². The lowest BCUT2D eigenvalue weighted by molar-refractivity contribution is 0.154. The summed E-state index contributed by atoms with van der Waals surface area (Å²) in [4.78, 5) is 2.69. The highest BCUT2D eigenvalue weighted by molar-refractivity contribution is 5.43. The van der Waals surface area contributed by atoms with E-state index in [1.807, 2.05) is 0 Å². The monoisotopic (exact) mass is 272 g/mol. The first-order valence-electron chi connectivity index (χ1n) is 8.08. The van der Waals surface area contributed by atoms with E-state index in [1.165, 1.54) is 55.5 Å². The lowest BCUT2D eigenvalue weighted by Crippen LogP contribution is -2.48. The number of piperidine rings is 1. The normalized spacial score (nSPS) is 23.0. The number of aryl methyl sites for hydroxylation is 3. The Kier molecular flexibility index (Phi) is 3.64. The zero-order valence-electron chi connectivity index (χ0n) is 13.2. The highest BCUT2D eigenvalue weighted by Crippen LogP contribution is 2.41. The average Bonchev–Trinajstić information content (AvgIpc) is 3.22. The summed E-state index contributed by atoms with van der Waals surface area (Å²) in [5, 5.41) is 0. The molecule has 0 unspecified atom stereocenters. The largest absolute Gasteiger partial charge is 0.330 e. The molecule has 2 nitrogen and oxygen atoms in total. The fourth-order valence-electron chi connectivity index (χ4n) is 4.33. The third-order valence-corrected chi connectivity index (χ3v) is 5.42. The maximum absolute atomic E-state index is 6.26. The zero-order chi connectivity index (χ0) is 14.3. The minimum Gasteiger partial charge on any atom is -0.330 e. The number of likely N-dealkylation sites (tertiary alicyclic amines) is 1. The fourth-order valence-corrected chi connectivity index (χ4v) is 4.33. The minimum atomic E-state index is 0.216. The van der Waals surface area contributed by atoms with Gasteiger partial charge in [-0.2, -0.15) is 0 Å². The Balaban J connectivity index is 1.89. The van der Waals surface area contributed by atoms with Crippen molar-refractivity contribution in [2.24, 2.45) is 5.73 Å². The second-order valence-corrected chi connectivity index (χ2v) is 7.03. The van der Waals surface area contributed by atoms with Crippen molar-refractivity contribution in [1.29, 1.82) is 0 Å². The summed E-state index contributed by atoms with van der Waals surface area (Å²) in [6, 6.07) is 5.55. The van der Waals surface area contributed by atoms with Gasteiger partial charge in [0.1, 0.15) is 0 Å². The molecule has 20 heavy (non-hydrogen) atoms. The van der Waals surface area contributed by atoms with Gasteiger partial charge in [0, 0.05) is 18.0 Å². The second-order valence-electron chi connectivity index (χ2n) is 7.03. The molecule has 0 aromatic heterocycles. The third kappa shape index (κ3) is 2.40. The predicted octanol–water partition coefficient (Wildman–Crippen LogP) is 3.07. The van der Waals surface area contributed by atoms with E-state index in [1.54, 1.807) is 5.56 Å². The van der Waals surface area contributed by atoms with E-state index in [4.69, 9.17) is 5.73 Å².